The predicted molar refractivity (Wildman–Crippen MR) is 74.7 cm³/mol. The second-order valence-corrected chi connectivity index (χ2v) is 4.97. The standard InChI is InChI=1S/C14H25N3O/c1-6-14(3,17(4)5)13(15)11-8-12(18-7-2)10-16-9-11/h8-10,13H,6-7,15H2,1-5H3. The lowest BCUT2D eigenvalue weighted by molar-refractivity contribution is 0.131. The molecule has 2 unspecified atom stereocenters. The average Bonchev–Trinajstić information content (AvgIpc) is 2.37. The molecule has 0 fully saturated rings. The fraction of sp³-hybridized carbons (Fsp3) is 0.643. The normalized spacial score (nSPS) is 16.4. The molecular formula is C14H25N3O. The van der Waals surface area contributed by atoms with Gasteiger partial charge in [-0.05, 0) is 46.0 Å². The quantitative estimate of drug-likeness (QED) is 0.842. The van der Waals surface area contributed by atoms with Gasteiger partial charge in [-0.3, -0.25) is 4.98 Å². The molecular weight excluding hydrogens is 226 g/mol. The van der Waals surface area contributed by atoms with Crippen LogP contribution in [0.5, 0.6) is 5.75 Å². The molecule has 1 rings (SSSR count). The Labute approximate surface area is 110 Å². The molecule has 0 aliphatic rings. The van der Waals surface area contributed by atoms with Crippen LogP contribution in [0.3, 0.4) is 0 Å². The highest BCUT2D eigenvalue weighted by Crippen LogP contribution is 2.31. The molecule has 0 amide bonds. The van der Waals surface area contributed by atoms with Crippen molar-refractivity contribution in [3.05, 3.63) is 24.0 Å². The Kier molecular flexibility index (Phi) is 5.11. The molecule has 0 bridgehead atoms. The summed E-state index contributed by atoms with van der Waals surface area (Å²) in [5.74, 6) is 0.780. The van der Waals surface area contributed by atoms with Gasteiger partial charge < -0.3 is 15.4 Å². The Morgan fingerprint density at radius 3 is 2.56 bits per heavy atom. The van der Waals surface area contributed by atoms with E-state index in [0.29, 0.717) is 6.61 Å². The van der Waals surface area contributed by atoms with Gasteiger partial charge in [0.05, 0.1) is 12.8 Å². The predicted octanol–water partition coefficient (Wildman–Crippen LogP) is 2.21. The third kappa shape index (κ3) is 3.00. The van der Waals surface area contributed by atoms with E-state index in [-0.39, 0.29) is 11.6 Å². The molecule has 0 saturated carbocycles. The molecule has 2 N–H and O–H groups in total. The van der Waals surface area contributed by atoms with Gasteiger partial charge in [-0.1, -0.05) is 6.92 Å². The summed E-state index contributed by atoms with van der Waals surface area (Å²) in [5, 5.41) is 0. The molecule has 0 radical (unpaired) electrons. The zero-order valence-electron chi connectivity index (χ0n) is 12.1. The van der Waals surface area contributed by atoms with E-state index in [4.69, 9.17) is 10.5 Å². The number of rotatable bonds is 6. The third-order valence-corrected chi connectivity index (χ3v) is 3.81. The number of hydrogen-bond donors (Lipinski definition) is 1. The maximum absolute atomic E-state index is 6.41. The van der Waals surface area contributed by atoms with E-state index in [2.05, 4.69) is 37.8 Å². The van der Waals surface area contributed by atoms with Crippen LogP contribution >= 0.6 is 0 Å². The largest absolute Gasteiger partial charge is 0.492 e. The van der Waals surface area contributed by atoms with Crippen molar-refractivity contribution in [3.8, 4) is 5.75 Å². The lowest BCUT2D eigenvalue weighted by Crippen LogP contribution is -2.49. The highest BCUT2D eigenvalue weighted by atomic mass is 16.5. The Morgan fingerprint density at radius 2 is 2.06 bits per heavy atom. The second kappa shape index (κ2) is 6.16. The SMILES string of the molecule is CCOc1cncc(C(N)C(C)(CC)N(C)C)c1. The summed E-state index contributed by atoms with van der Waals surface area (Å²) in [7, 11) is 4.12. The van der Waals surface area contributed by atoms with Crippen LogP contribution in [0.1, 0.15) is 38.8 Å². The number of pyridine rings is 1. The summed E-state index contributed by atoms with van der Waals surface area (Å²) in [6.07, 6.45) is 4.52. The first kappa shape index (κ1) is 14.9. The Balaban J connectivity index is 3.01. The lowest BCUT2D eigenvalue weighted by Gasteiger charge is -2.41. The van der Waals surface area contributed by atoms with Crippen LogP contribution in [0.2, 0.25) is 0 Å². The topological polar surface area (TPSA) is 51.4 Å². The molecule has 1 aromatic rings. The number of likely N-dealkylation sites (N-methyl/N-ethyl adjacent to an activating group) is 1. The van der Waals surface area contributed by atoms with Crippen molar-refractivity contribution in [2.24, 2.45) is 5.73 Å². The zero-order valence-corrected chi connectivity index (χ0v) is 12.1. The molecule has 102 valence electrons. The van der Waals surface area contributed by atoms with Crippen LogP contribution in [-0.4, -0.2) is 36.1 Å². The molecule has 0 saturated heterocycles. The summed E-state index contributed by atoms with van der Waals surface area (Å²) >= 11 is 0. The average molecular weight is 251 g/mol. The molecule has 0 aromatic carbocycles. The number of ether oxygens (including phenoxy) is 1. The third-order valence-electron chi connectivity index (χ3n) is 3.81. The van der Waals surface area contributed by atoms with Gasteiger partial charge in [0, 0.05) is 17.8 Å². The smallest absolute Gasteiger partial charge is 0.137 e. The summed E-state index contributed by atoms with van der Waals surface area (Å²) in [6.45, 7) is 6.92. The first-order chi connectivity index (χ1) is 8.45. The van der Waals surface area contributed by atoms with E-state index in [9.17, 15) is 0 Å². The van der Waals surface area contributed by atoms with Gasteiger partial charge in [-0.2, -0.15) is 0 Å². The second-order valence-electron chi connectivity index (χ2n) is 4.97. The minimum Gasteiger partial charge on any atom is -0.492 e. The Morgan fingerprint density at radius 1 is 1.39 bits per heavy atom. The minimum atomic E-state index is -0.0922. The highest BCUT2D eigenvalue weighted by Gasteiger charge is 2.33. The van der Waals surface area contributed by atoms with E-state index in [0.717, 1.165) is 17.7 Å². The molecule has 0 aliphatic heterocycles. The number of aromatic nitrogens is 1. The van der Waals surface area contributed by atoms with Crippen molar-refractivity contribution in [1.82, 2.24) is 9.88 Å². The van der Waals surface area contributed by atoms with Crippen LogP contribution in [-0.2, 0) is 0 Å². The van der Waals surface area contributed by atoms with E-state index in [1.54, 1.807) is 6.20 Å². The summed E-state index contributed by atoms with van der Waals surface area (Å²) in [4.78, 5) is 6.38. The van der Waals surface area contributed by atoms with Crippen molar-refractivity contribution in [3.63, 3.8) is 0 Å². The monoisotopic (exact) mass is 251 g/mol. The van der Waals surface area contributed by atoms with Gasteiger partial charge in [-0.25, -0.2) is 0 Å². The van der Waals surface area contributed by atoms with E-state index >= 15 is 0 Å². The van der Waals surface area contributed by atoms with Crippen molar-refractivity contribution in [2.75, 3.05) is 20.7 Å². The molecule has 1 heterocycles. The van der Waals surface area contributed by atoms with E-state index in [1.807, 2.05) is 19.2 Å². The molecule has 1 aromatic heterocycles. The Bertz CT molecular complexity index is 381. The first-order valence-corrected chi connectivity index (χ1v) is 6.46. The van der Waals surface area contributed by atoms with Crippen LogP contribution < -0.4 is 10.5 Å². The molecule has 0 spiro atoms. The van der Waals surface area contributed by atoms with Crippen LogP contribution in [0.15, 0.2) is 18.5 Å². The van der Waals surface area contributed by atoms with Crippen molar-refractivity contribution in [1.29, 1.82) is 0 Å². The van der Waals surface area contributed by atoms with Crippen molar-refractivity contribution >= 4 is 0 Å². The highest BCUT2D eigenvalue weighted by molar-refractivity contribution is 5.28. The van der Waals surface area contributed by atoms with Crippen molar-refractivity contribution in [2.45, 2.75) is 38.8 Å². The fourth-order valence-corrected chi connectivity index (χ4v) is 2.02. The molecule has 2 atom stereocenters. The van der Waals surface area contributed by atoms with Gasteiger partial charge >= 0.3 is 0 Å². The molecule has 18 heavy (non-hydrogen) atoms. The maximum Gasteiger partial charge on any atom is 0.137 e. The van der Waals surface area contributed by atoms with Gasteiger partial charge in [-0.15, -0.1) is 0 Å². The lowest BCUT2D eigenvalue weighted by atomic mass is 9.85. The van der Waals surface area contributed by atoms with E-state index < -0.39 is 0 Å². The van der Waals surface area contributed by atoms with Gasteiger partial charge in [0.1, 0.15) is 5.75 Å². The molecule has 4 nitrogen and oxygen atoms in total. The van der Waals surface area contributed by atoms with Crippen LogP contribution in [0.4, 0.5) is 0 Å². The molecule has 4 heteroatoms. The van der Waals surface area contributed by atoms with Crippen molar-refractivity contribution < 1.29 is 4.74 Å². The summed E-state index contributed by atoms with van der Waals surface area (Å²) in [5.41, 5.74) is 7.33. The fourth-order valence-electron chi connectivity index (χ4n) is 2.02. The van der Waals surface area contributed by atoms with E-state index in [1.165, 1.54) is 0 Å². The summed E-state index contributed by atoms with van der Waals surface area (Å²) < 4.78 is 5.47. The van der Waals surface area contributed by atoms with Gasteiger partial charge in [0.15, 0.2) is 0 Å². The number of nitrogens with two attached hydrogens (primary N) is 1. The first-order valence-electron chi connectivity index (χ1n) is 6.46. The Hall–Kier alpha value is -1.13. The minimum absolute atomic E-state index is 0.0908. The van der Waals surface area contributed by atoms with Crippen LogP contribution in [0, 0.1) is 0 Å². The van der Waals surface area contributed by atoms with Gasteiger partial charge in [0.25, 0.3) is 0 Å². The number of hydrogen-bond acceptors (Lipinski definition) is 4. The molecule has 0 aliphatic carbocycles. The maximum atomic E-state index is 6.41. The number of nitrogens with zero attached hydrogens (tertiary/aromatic N) is 2. The summed E-state index contributed by atoms with van der Waals surface area (Å²) in [6, 6.07) is 1.89. The van der Waals surface area contributed by atoms with Gasteiger partial charge in [0.2, 0.25) is 0 Å². The van der Waals surface area contributed by atoms with Crippen LogP contribution in [0.25, 0.3) is 0 Å². The zero-order chi connectivity index (χ0) is 13.8.